The second-order valence-corrected chi connectivity index (χ2v) is 4.49. The Hall–Kier alpha value is -0.810. The van der Waals surface area contributed by atoms with Crippen LogP contribution in [0.5, 0.6) is 0 Å². The van der Waals surface area contributed by atoms with E-state index in [-0.39, 0.29) is 30.8 Å². The van der Waals surface area contributed by atoms with Crippen molar-refractivity contribution in [2.75, 3.05) is 14.2 Å². The van der Waals surface area contributed by atoms with Crippen LogP contribution >= 0.6 is 12.4 Å². The molecule has 5 nitrogen and oxygen atoms in total. The number of hydrogen-bond donors (Lipinski definition) is 1. The van der Waals surface area contributed by atoms with Crippen LogP contribution in [0.2, 0.25) is 0 Å². The SMILES string of the molecule is CNC(CCC(=O)OC(C)(C)C)C(=O)OC.Cl. The molecule has 0 aromatic rings. The van der Waals surface area contributed by atoms with Crippen molar-refractivity contribution < 1.29 is 19.1 Å². The van der Waals surface area contributed by atoms with E-state index in [1.54, 1.807) is 27.8 Å². The van der Waals surface area contributed by atoms with E-state index in [4.69, 9.17) is 4.74 Å². The molecule has 0 amide bonds. The molecule has 0 saturated carbocycles. The predicted molar refractivity (Wildman–Crippen MR) is 67.2 cm³/mol. The van der Waals surface area contributed by atoms with Gasteiger partial charge in [-0.1, -0.05) is 0 Å². The van der Waals surface area contributed by atoms with Crippen LogP contribution in [0.15, 0.2) is 0 Å². The molecule has 0 bridgehead atoms. The molecule has 0 heterocycles. The number of methoxy groups -OCH3 is 1. The Bertz CT molecular complexity index is 250. The Labute approximate surface area is 109 Å². The predicted octanol–water partition coefficient (Wildman–Crippen LogP) is 1.29. The van der Waals surface area contributed by atoms with Gasteiger partial charge in [-0.25, -0.2) is 0 Å². The second kappa shape index (κ2) is 8.31. The first-order chi connectivity index (χ1) is 7.30. The van der Waals surface area contributed by atoms with E-state index in [0.717, 1.165) is 0 Å². The summed E-state index contributed by atoms with van der Waals surface area (Å²) in [6, 6.07) is -0.461. The fourth-order valence-electron chi connectivity index (χ4n) is 1.18. The summed E-state index contributed by atoms with van der Waals surface area (Å²) < 4.78 is 9.71. The van der Waals surface area contributed by atoms with E-state index < -0.39 is 11.6 Å². The van der Waals surface area contributed by atoms with Crippen molar-refractivity contribution in [3.8, 4) is 0 Å². The molecule has 0 rings (SSSR count). The molecule has 0 aromatic heterocycles. The molecule has 102 valence electrons. The monoisotopic (exact) mass is 267 g/mol. The zero-order valence-electron chi connectivity index (χ0n) is 11.0. The third-order valence-corrected chi connectivity index (χ3v) is 1.89. The van der Waals surface area contributed by atoms with Crippen LogP contribution in [0.1, 0.15) is 33.6 Å². The average Bonchev–Trinajstić information content (AvgIpc) is 2.15. The lowest BCUT2D eigenvalue weighted by Gasteiger charge is -2.20. The highest BCUT2D eigenvalue weighted by atomic mass is 35.5. The molecule has 0 radical (unpaired) electrons. The van der Waals surface area contributed by atoms with Gasteiger partial charge in [-0.3, -0.25) is 9.59 Å². The average molecular weight is 268 g/mol. The molecule has 0 fully saturated rings. The summed E-state index contributed by atoms with van der Waals surface area (Å²) in [5.41, 5.74) is -0.489. The van der Waals surface area contributed by atoms with Crippen molar-refractivity contribution in [1.29, 1.82) is 0 Å². The molecule has 1 atom stereocenters. The lowest BCUT2D eigenvalue weighted by atomic mass is 10.1. The Balaban J connectivity index is 0. The smallest absolute Gasteiger partial charge is 0.322 e. The van der Waals surface area contributed by atoms with E-state index >= 15 is 0 Å². The number of esters is 2. The van der Waals surface area contributed by atoms with Crippen LogP contribution in [-0.2, 0) is 19.1 Å². The lowest BCUT2D eigenvalue weighted by molar-refractivity contribution is -0.155. The minimum Gasteiger partial charge on any atom is -0.468 e. The third-order valence-electron chi connectivity index (χ3n) is 1.89. The van der Waals surface area contributed by atoms with Crippen molar-refractivity contribution in [2.24, 2.45) is 0 Å². The minimum absolute atomic E-state index is 0. The van der Waals surface area contributed by atoms with Crippen LogP contribution in [0.4, 0.5) is 0 Å². The molecular formula is C11H22ClNO4. The zero-order chi connectivity index (χ0) is 12.8. The van der Waals surface area contributed by atoms with Crippen LogP contribution in [0, 0.1) is 0 Å². The first-order valence-corrected chi connectivity index (χ1v) is 5.27. The zero-order valence-corrected chi connectivity index (χ0v) is 11.8. The van der Waals surface area contributed by atoms with Gasteiger partial charge in [-0.2, -0.15) is 0 Å². The number of carbonyl (C=O) groups excluding carboxylic acids is 2. The van der Waals surface area contributed by atoms with Gasteiger partial charge in [-0.15, -0.1) is 12.4 Å². The van der Waals surface area contributed by atoms with Crippen molar-refractivity contribution in [3.63, 3.8) is 0 Å². The maximum Gasteiger partial charge on any atom is 0.322 e. The second-order valence-electron chi connectivity index (χ2n) is 4.49. The molecule has 0 aliphatic rings. The van der Waals surface area contributed by atoms with Crippen LogP contribution < -0.4 is 5.32 Å². The van der Waals surface area contributed by atoms with Gasteiger partial charge >= 0.3 is 11.9 Å². The molecule has 0 saturated heterocycles. The molecular weight excluding hydrogens is 246 g/mol. The third kappa shape index (κ3) is 8.94. The standard InChI is InChI=1S/C11H21NO4.ClH/c1-11(2,3)16-9(13)7-6-8(12-4)10(14)15-5;/h8,12H,6-7H2,1-5H3;1H. The molecule has 1 unspecified atom stereocenters. The van der Waals surface area contributed by atoms with Gasteiger partial charge in [0.25, 0.3) is 0 Å². The summed E-state index contributed by atoms with van der Waals surface area (Å²) in [6.07, 6.45) is 0.565. The van der Waals surface area contributed by atoms with Crippen molar-refractivity contribution in [2.45, 2.75) is 45.3 Å². The molecule has 0 spiro atoms. The highest BCUT2D eigenvalue weighted by molar-refractivity contribution is 5.85. The molecule has 6 heteroatoms. The Morgan fingerprint density at radius 2 is 1.82 bits per heavy atom. The lowest BCUT2D eigenvalue weighted by Crippen LogP contribution is -2.36. The Morgan fingerprint density at radius 1 is 1.29 bits per heavy atom. The highest BCUT2D eigenvalue weighted by Crippen LogP contribution is 2.10. The topological polar surface area (TPSA) is 64.6 Å². The van der Waals surface area contributed by atoms with Crippen LogP contribution in [0.25, 0.3) is 0 Å². The fraction of sp³-hybridized carbons (Fsp3) is 0.818. The Kier molecular flexibility index (Phi) is 9.06. The number of carbonyl (C=O) groups is 2. The van der Waals surface area contributed by atoms with Gasteiger partial charge in [0.2, 0.25) is 0 Å². The molecule has 0 aliphatic heterocycles. The quantitative estimate of drug-likeness (QED) is 0.761. The molecule has 0 aromatic carbocycles. The van der Waals surface area contributed by atoms with E-state index in [1.807, 2.05) is 0 Å². The van der Waals surface area contributed by atoms with Crippen LogP contribution in [-0.4, -0.2) is 37.7 Å². The number of ether oxygens (including phenoxy) is 2. The normalized spacial score (nSPS) is 12.3. The van der Waals surface area contributed by atoms with Crippen molar-refractivity contribution >= 4 is 24.3 Å². The minimum atomic E-state index is -0.489. The number of nitrogens with one attached hydrogen (secondary N) is 1. The number of likely N-dealkylation sites (N-methyl/N-ethyl adjacent to an activating group) is 1. The fourth-order valence-corrected chi connectivity index (χ4v) is 1.18. The summed E-state index contributed by atoms with van der Waals surface area (Å²) in [6.45, 7) is 5.42. The first-order valence-electron chi connectivity index (χ1n) is 5.27. The van der Waals surface area contributed by atoms with Gasteiger partial charge < -0.3 is 14.8 Å². The number of hydrogen-bond acceptors (Lipinski definition) is 5. The summed E-state index contributed by atoms with van der Waals surface area (Å²) in [5.74, 6) is -0.678. The molecule has 17 heavy (non-hydrogen) atoms. The van der Waals surface area contributed by atoms with Crippen LogP contribution in [0.3, 0.4) is 0 Å². The molecule has 0 aliphatic carbocycles. The number of halogens is 1. The maximum atomic E-state index is 11.4. The summed E-state index contributed by atoms with van der Waals surface area (Å²) >= 11 is 0. The van der Waals surface area contributed by atoms with Gasteiger partial charge in [0.15, 0.2) is 0 Å². The van der Waals surface area contributed by atoms with E-state index in [0.29, 0.717) is 6.42 Å². The summed E-state index contributed by atoms with van der Waals surface area (Å²) in [5, 5.41) is 2.79. The highest BCUT2D eigenvalue weighted by Gasteiger charge is 2.21. The first kappa shape index (κ1) is 18.6. The summed E-state index contributed by atoms with van der Waals surface area (Å²) in [4.78, 5) is 22.6. The Morgan fingerprint density at radius 3 is 2.18 bits per heavy atom. The van der Waals surface area contributed by atoms with Crippen molar-refractivity contribution in [1.82, 2.24) is 5.32 Å². The van der Waals surface area contributed by atoms with Gasteiger partial charge in [-0.05, 0) is 34.2 Å². The van der Waals surface area contributed by atoms with Crippen molar-refractivity contribution in [3.05, 3.63) is 0 Å². The largest absolute Gasteiger partial charge is 0.468 e. The molecule has 1 N–H and O–H groups in total. The van der Waals surface area contributed by atoms with Gasteiger partial charge in [0, 0.05) is 6.42 Å². The number of rotatable bonds is 5. The van der Waals surface area contributed by atoms with E-state index in [2.05, 4.69) is 10.1 Å². The van der Waals surface area contributed by atoms with E-state index in [1.165, 1.54) is 7.11 Å². The summed E-state index contributed by atoms with van der Waals surface area (Å²) in [7, 11) is 2.97. The van der Waals surface area contributed by atoms with E-state index in [9.17, 15) is 9.59 Å². The maximum absolute atomic E-state index is 11.4. The van der Waals surface area contributed by atoms with Gasteiger partial charge in [0.1, 0.15) is 11.6 Å². The van der Waals surface area contributed by atoms with Gasteiger partial charge in [0.05, 0.1) is 7.11 Å².